The summed E-state index contributed by atoms with van der Waals surface area (Å²) in [5.74, 6) is -0.164. The van der Waals surface area contributed by atoms with Crippen LogP contribution in [-0.2, 0) is 11.3 Å². The molecule has 4 rings (SSSR count). The molecule has 2 aromatic carbocycles. The first kappa shape index (κ1) is 21.3. The van der Waals surface area contributed by atoms with Crippen molar-refractivity contribution in [1.82, 2.24) is 14.5 Å². The molecule has 0 bridgehead atoms. The number of amides is 1. The Hall–Kier alpha value is -2.97. The lowest BCUT2D eigenvalue weighted by Crippen LogP contribution is -2.27. The second-order valence-electron chi connectivity index (χ2n) is 6.92. The van der Waals surface area contributed by atoms with Crippen LogP contribution < -0.4 is 10.9 Å². The molecule has 0 saturated heterocycles. The van der Waals surface area contributed by atoms with Gasteiger partial charge in [-0.25, -0.2) is 4.98 Å². The molecule has 0 aliphatic rings. The summed E-state index contributed by atoms with van der Waals surface area (Å²) >= 11 is 4.64. The van der Waals surface area contributed by atoms with Crippen molar-refractivity contribution in [2.45, 2.75) is 23.9 Å². The van der Waals surface area contributed by atoms with Gasteiger partial charge < -0.3 is 5.32 Å². The summed E-state index contributed by atoms with van der Waals surface area (Å²) in [6.45, 7) is 2.13. The number of nitrogens with one attached hydrogen (secondary N) is 1. The highest BCUT2D eigenvalue weighted by Gasteiger charge is 2.20. The molecule has 1 amide bonds. The van der Waals surface area contributed by atoms with Crippen molar-refractivity contribution in [3.63, 3.8) is 0 Å². The lowest BCUT2D eigenvalue weighted by atomic mass is 10.2. The highest BCUT2D eigenvalue weighted by atomic mass is 79.9. The van der Waals surface area contributed by atoms with E-state index in [1.54, 1.807) is 30.0 Å². The first-order valence-electron chi connectivity index (χ1n) is 9.63. The van der Waals surface area contributed by atoms with Crippen molar-refractivity contribution < 1.29 is 4.79 Å². The molecule has 2 heterocycles. The molecule has 0 aliphatic carbocycles. The Bertz CT molecular complexity index is 1280. The van der Waals surface area contributed by atoms with Crippen LogP contribution in [-0.4, -0.2) is 25.7 Å². The zero-order chi connectivity index (χ0) is 21.8. The van der Waals surface area contributed by atoms with Crippen LogP contribution in [0.3, 0.4) is 0 Å². The smallest absolute Gasteiger partial charge is 0.262 e. The second kappa shape index (κ2) is 9.45. The van der Waals surface area contributed by atoms with Gasteiger partial charge in [0.2, 0.25) is 5.91 Å². The minimum atomic E-state index is -0.461. The average Bonchev–Trinajstić information content (AvgIpc) is 2.78. The highest BCUT2D eigenvalue weighted by molar-refractivity contribution is 9.10. The number of benzene rings is 2. The average molecular weight is 495 g/mol. The number of pyridine rings is 1. The highest BCUT2D eigenvalue weighted by Crippen LogP contribution is 2.24. The minimum Gasteiger partial charge on any atom is -0.325 e. The quantitative estimate of drug-likeness (QED) is 0.310. The molecule has 1 atom stereocenters. The van der Waals surface area contributed by atoms with Gasteiger partial charge in [-0.1, -0.05) is 45.9 Å². The van der Waals surface area contributed by atoms with Gasteiger partial charge in [0.15, 0.2) is 5.16 Å². The molecular weight excluding hydrogens is 476 g/mol. The maximum Gasteiger partial charge on any atom is 0.262 e. The summed E-state index contributed by atoms with van der Waals surface area (Å²) in [6.07, 6.45) is 3.41. The van der Waals surface area contributed by atoms with E-state index in [2.05, 4.69) is 26.2 Å². The van der Waals surface area contributed by atoms with Crippen LogP contribution in [0.1, 0.15) is 12.5 Å². The molecule has 6 nitrogen and oxygen atoms in total. The molecule has 0 fully saturated rings. The fourth-order valence-corrected chi connectivity index (χ4v) is 4.21. The summed E-state index contributed by atoms with van der Waals surface area (Å²) in [6, 6.07) is 18.4. The molecule has 0 saturated carbocycles. The number of halogens is 1. The van der Waals surface area contributed by atoms with Crippen LogP contribution in [0.25, 0.3) is 10.9 Å². The zero-order valence-corrected chi connectivity index (χ0v) is 19.1. The molecule has 0 aliphatic heterocycles. The molecule has 4 aromatic rings. The van der Waals surface area contributed by atoms with Crippen molar-refractivity contribution in [2.24, 2.45) is 0 Å². The van der Waals surface area contributed by atoms with E-state index in [9.17, 15) is 9.59 Å². The molecule has 1 unspecified atom stereocenters. The molecule has 0 radical (unpaired) electrons. The summed E-state index contributed by atoms with van der Waals surface area (Å²) in [5.41, 5.74) is 2.06. The first-order chi connectivity index (χ1) is 15.0. The Labute approximate surface area is 191 Å². The number of carbonyl (C=O) groups is 1. The van der Waals surface area contributed by atoms with Crippen LogP contribution in [0, 0.1) is 0 Å². The second-order valence-corrected chi connectivity index (χ2v) is 9.14. The van der Waals surface area contributed by atoms with Crippen LogP contribution >= 0.6 is 27.7 Å². The monoisotopic (exact) mass is 494 g/mol. The Morgan fingerprint density at radius 3 is 2.65 bits per heavy atom. The number of para-hydroxylation sites is 1. The number of rotatable bonds is 6. The van der Waals surface area contributed by atoms with Crippen molar-refractivity contribution in [1.29, 1.82) is 0 Å². The van der Waals surface area contributed by atoms with Gasteiger partial charge >= 0.3 is 0 Å². The van der Waals surface area contributed by atoms with E-state index in [-0.39, 0.29) is 11.5 Å². The van der Waals surface area contributed by atoms with Gasteiger partial charge in [-0.15, -0.1) is 0 Å². The lowest BCUT2D eigenvalue weighted by molar-refractivity contribution is -0.115. The topological polar surface area (TPSA) is 76.9 Å². The van der Waals surface area contributed by atoms with E-state index in [0.717, 1.165) is 10.0 Å². The van der Waals surface area contributed by atoms with Gasteiger partial charge in [0.05, 0.1) is 22.7 Å². The fraction of sp³-hybridized carbons (Fsp3) is 0.130. The van der Waals surface area contributed by atoms with Crippen molar-refractivity contribution in [3.05, 3.63) is 93.4 Å². The van der Waals surface area contributed by atoms with Crippen molar-refractivity contribution >= 4 is 50.2 Å². The Morgan fingerprint density at radius 2 is 1.90 bits per heavy atom. The third-order valence-electron chi connectivity index (χ3n) is 4.65. The van der Waals surface area contributed by atoms with Crippen LogP contribution in [0.15, 0.2) is 87.5 Å². The number of hydrogen-bond acceptors (Lipinski definition) is 5. The fourth-order valence-electron chi connectivity index (χ4n) is 3.04. The van der Waals surface area contributed by atoms with Gasteiger partial charge in [-0.3, -0.25) is 19.1 Å². The largest absolute Gasteiger partial charge is 0.325 e. The summed E-state index contributed by atoms with van der Waals surface area (Å²) in [4.78, 5) is 34.8. The van der Waals surface area contributed by atoms with Gasteiger partial charge in [-0.05, 0) is 55.0 Å². The lowest BCUT2D eigenvalue weighted by Gasteiger charge is -2.16. The number of nitrogens with zero attached hydrogens (tertiary/aromatic N) is 3. The van der Waals surface area contributed by atoms with Gasteiger partial charge in [0.1, 0.15) is 0 Å². The molecule has 1 N–H and O–H groups in total. The number of aromatic nitrogens is 3. The first-order valence-corrected chi connectivity index (χ1v) is 11.3. The Balaban J connectivity index is 1.65. The van der Waals surface area contributed by atoms with E-state index in [4.69, 9.17) is 4.98 Å². The SMILES string of the molecule is CC(Sc1nc2ccccc2c(=O)n1Cc1cccnc1)C(=O)Nc1ccc(Br)cc1. The summed E-state index contributed by atoms with van der Waals surface area (Å²) in [5, 5.41) is 3.48. The predicted octanol–water partition coefficient (Wildman–Crippen LogP) is 4.72. The minimum absolute atomic E-state index is 0.141. The van der Waals surface area contributed by atoms with E-state index >= 15 is 0 Å². The van der Waals surface area contributed by atoms with Crippen LogP contribution in [0.2, 0.25) is 0 Å². The molecule has 31 heavy (non-hydrogen) atoms. The Kier molecular flexibility index (Phi) is 6.48. The third-order valence-corrected chi connectivity index (χ3v) is 6.27. The maximum absolute atomic E-state index is 13.2. The molecule has 156 valence electrons. The number of hydrogen-bond donors (Lipinski definition) is 1. The van der Waals surface area contributed by atoms with E-state index in [0.29, 0.717) is 28.3 Å². The third kappa shape index (κ3) is 5.03. The molecule has 0 spiro atoms. The van der Waals surface area contributed by atoms with Crippen molar-refractivity contribution in [2.75, 3.05) is 5.32 Å². The number of carbonyl (C=O) groups excluding carboxylic acids is 1. The normalized spacial score (nSPS) is 11.9. The number of thioether (sulfide) groups is 1. The van der Waals surface area contributed by atoms with Gasteiger partial charge in [0, 0.05) is 22.6 Å². The van der Waals surface area contributed by atoms with Gasteiger partial charge in [-0.2, -0.15) is 0 Å². The standard InChI is InChI=1S/C23H19BrN4O2S/c1-15(21(29)26-18-10-8-17(24)9-11-18)31-23-27-20-7-3-2-6-19(20)22(30)28(23)14-16-5-4-12-25-13-16/h2-13,15H,14H2,1H3,(H,26,29). The van der Waals surface area contributed by atoms with E-state index in [1.165, 1.54) is 11.8 Å². The Morgan fingerprint density at radius 1 is 1.13 bits per heavy atom. The summed E-state index contributed by atoms with van der Waals surface area (Å²) < 4.78 is 2.54. The molecule has 8 heteroatoms. The van der Waals surface area contributed by atoms with Crippen LogP contribution in [0.4, 0.5) is 5.69 Å². The molecule has 2 aromatic heterocycles. The summed E-state index contributed by atoms with van der Waals surface area (Å²) in [7, 11) is 0. The number of anilines is 1. The predicted molar refractivity (Wildman–Crippen MR) is 127 cm³/mol. The number of fused-ring (bicyclic) bond motifs is 1. The zero-order valence-electron chi connectivity index (χ0n) is 16.7. The molecular formula is C23H19BrN4O2S. The maximum atomic E-state index is 13.2. The van der Waals surface area contributed by atoms with Crippen molar-refractivity contribution in [3.8, 4) is 0 Å². The van der Waals surface area contributed by atoms with E-state index in [1.807, 2.05) is 54.6 Å². The van der Waals surface area contributed by atoms with Gasteiger partial charge in [0.25, 0.3) is 5.56 Å². The van der Waals surface area contributed by atoms with E-state index < -0.39 is 5.25 Å². The van der Waals surface area contributed by atoms with Crippen LogP contribution in [0.5, 0.6) is 0 Å².